The van der Waals surface area contributed by atoms with Gasteiger partial charge in [0.25, 0.3) is 0 Å². The van der Waals surface area contributed by atoms with Crippen molar-refractivity contribution in [3.05, 3.63) is 35.9 Å². The number of carbonyl (C=O) groups excluding carboxylic acids is 1. The van der Waals surface area contributed by atoms with Crippen molar-refractivity contribution in [1.29, 1.82) is 5.26 Å². The van der Waals surface area contributed by atoms with E-state index in [0.717, 1.165) is 18.6 Å². The van der Waals surface area contributed by atoms with Gasteiger partial charge in [0.1, 0.15) is 6.54 Å². The maximum absolute atomic E-state index is 12.3. The highest BCUT2D eigenvalue weighted by Crippen LogP contribution is 2.29. The van der Waals surface area contributed by atoms with Crippen molar-refractivity contribution in [1.82, 2.24) is 4.90 Å². The van der Waals surface area contributed by atoms with Crippen molar-refractivity contribution in [2.24, 2.45) is 0 Å². The summed E-state index contributed by atoms with van der Waals surface area (Å²) in [5.74, 6) is 0.934. The third-order valence-electron chi connectivity index (χ3n) is 3.20. The molecule has 2 rings (SSSR count). The Kier molecular flexibility index (Phi) is 4.86. The van der Waals surface area contributed by atoms with Crippen molar-refractivity contribution in [2.75, 3.05) is 6.54 Å². The molecule has 1 aliphatic carbocycles. The van der Waals surface area contributed by atoms with Gasteiger partial charge in [0.05, 0.1) is 11.3 Å². The van der Waals surface area contributed by atoms with E-state index in [1.54, 1.807) is 16.7 Å². The Hall–Kier alpha value is -1.47. The van der Waals surface area contributed by atoms with Crippen molar-refractivity contribution in [3.8, 4) is 6.07 Å². The molecule has 3 nitrogen and oxygen atoms in total. The first-order valence-electron chi connectivity index (χ1n) is 6.55. The highest BCUT2D eigenvalue weighted by Gasteiger charge is 2.34. The zero-order valence-electron chi connectivity index (χ0n) is 11.1. The summed E-state index contributed by atoms with van der Waals surface area (Å²) in [6.45, 7) is 2.16. The van der Waals surface area contributed by atoms with Crippen molar-refractivity contribution in [2.45, 2.75) is 36.8 Å². The Morgan fingerprint density at radius 3 is 2.74 bits per heavy atom. The largest absolute Gasteiger partial charge is 0.325 e. The van der Waals surface area contributed by atoms with E-state index < -0.39 is 0 Å². The molecule has 19 heavy (non-hydrogen) atoms. The number of hydrogen-bond donors (Lipinski definition) is 0. The molecular formula is C15H18N2OS. The van der Waals surface area contributed by atoms with Crippen LogP contribution < -0.4 is 0 Å². The summed E-state index contributed by atoms with van der Waals surface area (Å²) < 4.78 is 0. The van der Waals surface area contributed by atoms with E-state index in [-0.39, 0.29) is 17.7 Å². The zero-order chi connectivity index (χ0) is 13.7. The molecular weight excluding hydrogens is 256 g/mol. The Balaban J connectivity index is 1.86. The maximum Gasteiger partial charge on any atom is 0.236 e. The molecule has 4 heteroatoms. The maximum atomic E-state index is 12.3. The molecule has 0 aromatic heterocycles. The SMILES string of the molecule is C[C@@H](SCc1ccccc1)C(=O)N(CC#N)C1CC1. The molecule has 0 N–H and O–H groups in total. The van der Waals surface area contributed by atoms with Crippen molar-refractivity contribution in [3.63, 3.8) is 0 Å². The fraction of sp³-hybridized carbons (Fsp3) is 0.467. The van der Waals surface area contributed by atoms with Gasteiger partial charge in [-0.05, 0) is 25.3 Å². The van der Waals surface area contributed by atoms with E-state index in [4.69, 9.17) is 5.26 Å². The molecule has 1 fully saturated rings. The molecule has 0 bridgehead atoms. The molecule has 1 atom stereocenters. The summed E-state index contributed by atoms with van der Waals surface area (Å²) >= 11 is 1.64. The van der Waals surface area contributed by atoms with Crippen LogP contribution in [0.4, 0.5) is 0 Å². The van der Waals surface area contributed by atoms with Gasteiger partial charge in [-0.2, -0.15) is 5.26 Å². The molecule has 0 aliphatic heterocycles. The highest BCUT2D eigenvalue weighted by molar-refractivity contribution is 7.99. The predicted octanol–water partition coefficient (Wildman–Crippen LogP) is 2.82. The Morgan fingerprint density at radius 2 is 2.16 bits per heavy atom. The van der Waals surface area contributed by atoms with Crippen molar-refractivity contribution < 1.29 is 4.79 Å². The average Bonchev–Trinajstić information content (AvgIpc) is 3.27. The Bertz CT molecular complexity index is 465. The lowest BCUT2D eigenvalue weighted by Gasteiger charge is -2.22. The number of thioether (sulfide) groups is 1. The van der Waals surface area contributed by atoms with Crippen LogP contribution in [0.5, 0.6) is 0 Å². The van der Waals surface area contributed by atoms with E-state index in [2.05, 4.69) is 18.2 Å². The summed E-state index contributed by atoms with van der Waals surface area (Å²) in [4.78, 5) is 14.0. The van der Waals surface area contributed by atoms with Crippen LogP contribution in [0.2, 0.25) is 0 Å². The Labute approximate surface area is 118 Å². The number of nitrogens with zero attached hydrogens (tertiary/aromatic N) is 2. The van der Waals surface area contributed by atoms with E-state index in [1.165, 1.54) is 5.56 Å². The smallest absolute Gasteiger partial charge is 0.236 e. The molecule has 0 saturated heterocycles. The third-order valence-corrected chi connectivity index (χ3v) is 4.40. The topological polar surface area (TPSA) is 44.1 Å². The fourth-order valence-corrected chi connectivity index (χ4v) is 2.86. The van der Waals surface area contributed by atoms with Crippen LogP contribution in [0.15, 0.2) is 30.3 Å². The number of benzene rings is 1. The first-order chi connectivity index (χ1) is 9.22. The summed E-state index contributed by atoms with van der Waals surface area (Å²) in [7, 11) is 0. The van der Waals surface area contributed by atoms with Crippen LogP contribution in [0.3, 0.4) is 0 Å². The lowest BCUT2D eigenvalue weighted by Crippen LogP contribution is -2.38. The summed E-state index contributed by atoms with van der Waals surface area (Å²) in [6.07, 6.45) is 2.09. The van der Waals surface area contributed by atoms with E-state index in [0.29, 0.717) is 6.04 Å². The lowest BCUT2D eigenvalue weighted by atomic mass is 10.2. The second-order valence-corrected chi connectivity index (χ2v) is 6.12. The number of carbonyl (C=O) groups is 1. The Morgan fingerprint density at radius 1 is 1.47 bits per heavy atom. The molecule has 1 saturated carbocycles. The van der Waals surface area contributed by atoms with Crippen LogP contribution in [-0.4, -0.2) is 28.6 Å². The first kappa shape index (κ1) is 14.0. The molecule has 1 aromatic carbocycles. The number of rotatable bonds is 6. The van der Waals surface area contributed by atoms with Crippen LogP contribution in [0, 0.1) is 11.3 Å². The molecule has 0 radical (unpaired) electrons. The second kappa shape index (κ2) is 6.63. The van der Waals surface area contributed by atoms with Crippen LogP contribution >= 0.6 is 11.8 Å². The second-order valence-electron chi connectivity index (χ2n) is 4.79. The summed E-state index contributed by atoms with van der Waals surface area (Å²) in [5, 5.41) is 8.71. The minimum absolute atomic E-state index is 0.0887. The van der Waals surface area contributed by atoms with Crippen LogP contribution in [-0.2, 0) is 10.5 Å². The molecule has 1 amide bonds. The van der Waals surface area contributed by atoms with Crippen LogP contribution in [0.25, 0.3) is 0 Å². The number of nitriles is 1. The minimum atomic E-state index is -0.0887. The summed E-state index contributed by atoms with van der Waals surface area (Å²) in [6, 6.07) is 12.5. The normalized spacial score (nSPS) is 15.6. The quantitative estimate of drug-likeness (QED) is 0.749. The number of hydrogen-bond acceptors (Lipinski definition) is 3. The summed E-state index contributed by atoms with van der Waals surface area (Å²) in [5.41, 5.74) is 1.23. The van der Waals surface area contributed by atoms with Gasteiger partial charge in [0, 0.05) is 11.8 Å². The minimum Gasteiger partial charge on any atom is -0.325 e. The van der Waals surface area contributed by atoms with Gasteiger partial charge in [-0.1, -0.05) is 30.3 Å². The first-order valence-corrected chi connectivity index (χ1v) is 7.60. The van der Waals surface area contributed by atoms with Gasteiger partial charge in [-0.15, -0.1) is 11.8 Å². The van der Waals surface area contributed by atoms with Gasteiger partial charge in [-0.25, -0.2) is 0 Å². The zero-order valence-corrected chi connectivity index (χ0v) is 11.9. The van der Waals surface area contributed by atoms with Gasteiger partial charge >= 0.3 is 0 Å². The monoisotopic (exact) mass is 274 g/mol. The molecule has 0 spiro atoms. The number of amides is 1. The van der Waals surface area contributed by atoms with Crippen LogP contribution in [0.1, 0.15) is 25.3 Å². The molecule has 100 valence electrons. The molecule has 0 unspecified atom stereocenters. The van der Waals surface area contributed by atoms with Gasteiger partial charge in [-0.3, -0.25) is 4.79 Å². The fourth-order valence-electron chi connectivity index (χ4n) is 1.95. The molecule has 0 heterocycles. The van der Waals surface area contributed by atoms with Gasteiger partial charge in [0.15, 0.2) is 0 Å². The predicted molar refractivity (Wildman–Crippen MR) is 77.5 cm³/mol. The lowest BCUT2D eigenvalue weighted by molar-refractivity contribution is -0.130. The molecule has 1 aliphatic rings. The molecule has 1 aromatic rings. The van der Waals surface area contributed by atoms with E-state index in [9.17, 15) is 4.79 Å². The highest BCUT2D eigenvalue weighted by atomic mass is 32.2. The average molecular weight is 274 g/mol. The van der Waals surface area contributed by atoms with E-state index in [1.807, 2.05) is 25.1 Å². The van der Waals surface area contributed by atoms with Gasteiger partial charge in [0.2, 0.25) is 5.91 Å². The third kappa shape index (κ3) is 4.00. The standard InChI is InChI=1S/C15H18N2OS/c1-12(19-11-13-5-3-2-4-6-13)15(18)17(10-9-16)14-7-8-14/h2-6,12,14H,7-8,10-11H2,1H3/t12-/m1/s1. The van der Waals surface area contributed by atoms with E-state index >= 15 is 0 Å². The van der Waals surface area contributed by atoms with Crippen molar-refractivity contribution >= 4 is 17.7 Å². The van der Waals surface area contributed by atoms with Gasteiger partial charge < -0.3 is 4.90 Å².